The van der Waals surface area contributed by atoms with Gasteiger partial charge in [0.2, 0.25) is 0 Å². The SMILES string of the molecule is COc1c(CC2CCCN2)cccc1S(C)(=O)=O. The number of hydrogen-bond donors (Lipinski definition) is 1. The van der Waals surface area contributed by atoms with E-state index < -0.39 is 9.84 Å². The molecule has 2 rings (SSSR count). The van der Waals surface area contributed by atoms with Gasteiger partial charge in [0, 0.05) is 12.3 Å². The first-order valence-electron chi connectivity index (χ1n) is 6.11. The summed E-state index contributed by atoms with van der Waals surface area (Å²) in [6.07, 6.45) is 4.33. The molecule has 1 aromatic carbocycles. The molecule has 1 aliphatic heterocycles. The highest BCUT2D eigenvalue weighted by molar-refractivity contribution is 7.90. The molecule has 1 unspecified atom stereocenters. The quantitative estimate of drug-likeness (QED) is 0.897. The van der Waals surface area contributed by atoms with Gasteiger partial charge >= 0.3 is 0 Å². The van der Waals surface area contributed by atoms with E-state index >= 15 is 0 Å². The third-order valence-corrected chi connectivity index (χ3v) is 4.41. The van der Waals surface area contributed by atoms with Crippen molar-refractivity contribution in [1.82, 2.24) is 5.32 Å². The van der Waals surface area contributed by atoms with Crippen LogP contribution in [0.1, 0.15) is 18.4 Å². The Morgan fingerprint density at radius 1 is 1.44 bits per heavy atom. The van der Waals surface area contributed by atoms with E-state index in [-0.39, 0.29) is 4.90 Å². The van der Waals surface area contributed by atoms with E-state index in [1.54, 1.807) is 12.1 Å². The molecule has 1 heterocycles. The van der Waals surface area contributed by atoms with Crippen molar-refractivity contribution in [1.29, 1.82) is 0 Å². The van der Waals surface area contributed by atoms with Crippen LogP contribution in [0.4, 0.5) is 0 Å². The molecule has 0 radical (unpaired) electrons. The number of hydrogen-bond acceptors (Lipinski definition) is 4. The lowest BCUT2D eigenvalue weighted by Gasteiger charge is -2.15. The lowest BCUT2D eigenvalue weighted by Crippen LogP contribution is -2.24. The first kappa shape index (κ1) is 13.4. The van der Waals surface area contributed by atoms with E-state index in [2.05, 4.69) is 5.32 Å². The van der Waals surface area contributed by atoms with Crippen LogP contribution in [0.3, 0.4) is 0 Å². The van der Waals surface area contributed by atoms with Crippen LogP contribution >= 0.6 is 0 Å². The maximum atomic E-state index is 11.7. The number of methoxy groups -OCH3 is 1. The number of nitrogens with one attached hydrogen (secondary N) is 1. The van der Waals surface area contributed by atoms with Gasteiger partial charge in [0.1, 0.15) is 10.6 Å². The van der Waals surface area contributed by atoms with Gasteiger partial charge in [0.05, 0.1) is 7.11 Å². The summed E-state index contributed by atoms with van der Waals surface area (Å²) in [5.74, 6) is 0.494. The minimum atomic E-state index is -3.25. The predicted molar refractivity (Wildman–Crippen MR) is 70.8 cm³/mol. The summed E-state index contributed by atoms with van der Waals surface area (Å²) in [6.45, 7) is 1.04. The van der Waals surface area contributed by atoms with E-state index in [1.165, 1.54) is 19.8 Å². The molecule has 0 spiro atoms. The predicted octanol–water partition coefficient (Wildman–Crippen LogP) is 1.39. The third-order valence-electron chi connectivity index (χ3n) is 3.29. The molecular weight excluding hydrogens is 250 g/mol. The zero-order valence-corrected chi connectivity index (χ0v) is 11.6. The second-order valence-corrected chi connectivity index (χ2v) is 6.70. The average Bonchev–Trinajstić information content (AvgIpc) is 2.80. The van der Waals surface area contributed by atoms with Crippen molar-refractivity contribution in [3.05, 3.63) is 23.8 Å². The third kappa shape index (κ3) is 2.84. The zero-order chi connectivity index (χ0) is 13.2. The van der Waals surface area contributed by atoms with Gasteiger partial charge in [0.15, 0.2) is 9.84 Å². The molecule has 0 aromatic heterocycles. The van der Waals surface area contributed by atoms with Crippen LogP contribution in [-0.4, -0.2) is 34.4 Å². The van der Waals surface area contributed by atoms with Crippen LogP contribution < -0.4 is 10.1 Å². The summed E-state index contributed by atoms with van der Waals surface area (Å²) >= 11 is 0. The molecule has 1 N–H and O–H groups in total. The van der Waals surface area contributed by atoms with E-state index in [9.17, 15) is 8.42 Å². The van der Waals surface area contributed by atoms with Gasteiger partial charge in [-0.15, -0.1) is 0 Å². The Bertz CT molecular complexity index is 519. The Morgan fingerprint density at radius 2 is 2.22 bits per heavy atom. The zero-order valence-electron chi connectivity index (χ0n) is 10.8. The van der Waals surface area contributed by atoms with Crippen molar-refractivity contribution < 1.29 is 13.2 Å². The summed E-state index contributed by atoms with van der Waals surface area (Å²) in [4.78, 5) is 0.278. The highest BCUT2D eigenvalue weighted by atomic mass is 32.2. The largest absolute Gasteiger partial charge is 0.495 e. The summed E-state index contributed by atoms with van der Waals surface area (Å²) in [5.41, 5.74) is 0.958. The van der Waals surface area contributed by atoms with Crippen LogP contribution in [0.25, 0.3) is 0 Å². The molecule has 4 nitrogen and oxygen atoms in total. The summed E-state index contributed by atoms with van der Waals surface area (Å²) in [7, 11) is -1.72. The number of para-hydroxylation sites is 1. The van der Waals surface area contributed by atoms with Gasteiger partial charge in [0.25, 0.3) is 0 Å². The molecule has 1 fully saturated rings. The maximum Gasteiger partial charge on any atom is 0.179 e. The average molecular weight is 269 g/mol. The van der Waals surface area contributed by atoms with Gasteiger partial charge in [-0.25, -0.2) is 8.42 Å². The lowest BCUT2D eigenvalue weighted by molar-refractivity contribution is 0.395. The van der Waals surface area contributed by atoms with Crippen molar-refractivity contribution in [3.8, 4) is 5.75 Å². The van der Waals surface area contributed by atoms with E-state index in [4.69, 9.17) is 4.74 Å². The number of sulfone groups is 1. The summed E-state index contributed by atoms with van der Waals surface area (Å²) in [6, 6.07) is 5.74. The molecule has 0 amide bonds. The van der Waals surface area contributed by atoms with Gasteiger partial charge < -0.3 is 10.1 Å². The molecule has 1 saturated heterocycles. The van der Waals surface area contributed by atoms with Crippen molar-refractivity contribution in [2.24, 2.45) is 0 Å². The summed E-state index contributed by atoms with van der Waals surface area (Å²) in [5, 5.41) is 3.41. The van der Waals surface area contributed by atoms with E-state index in [0.717, 1.165) is 24.9 Å². The minimum Gasteiger partial charge on any atom is -0.495 e. The Morgan fingerprint density at radius 3 is 2.78 bits per heavy atom. The lowest BCUT2D eigenvalue weighted by atomic mass is 10.0. The smallest absolute Gasteiger partial charge is 0.179 e. The molecule has 0 bridgehead atoms. The number of rotatable bonds is 4. The monoisotopic (exact) mass is 269 g/mol. The Kier molecular flexibility index (Phi) is 3.92. The van der Waals surface area contributed by atoms with Crippen LogP contribution in [-0.2, 0) is 16.3 Å². The van der Waals surface area contributed by atoms with Gasteiger partial charge in [-0.3, -0.25) is 0 Å². The molecule has 5 heteroatoms. The Labute approximate surface area is 108 Å². The Balaban J connectivity index is 2.35. The molecular formula is C13H19NO3S. The highest BCUT2D eigenvalue weighted by Gasteiger charge is 2.21. The second-order valence-electron chi connectivity index (χ2n) is 4.72. The van der Waals surface area contributed by atoms with Gasteiger partial charge in [-0.05, 0) is 37.4 Å². The van der Waals surface area contributed by atoms with Crippen molar-refractivity contribution in [2.45, 2.75) is 30.2 Å². The van der Waals surface area contributed by atoms with E-state index in [0.29, 0.717) is 11.8 Å². The summed E-state index contributed by atoms with van der Waals surface area (Å²) < 4.78 is 28.7. The second kappa shape index (κ2) is 5.28. The van der Waals surface area contributed by atoms with E-state index in [1.807, 2.05) is 6.07 Å². The normalized spacial score (nSPS) is 20.0. The number of ether oxygens (including phenoxy) is 1. The van der Waals surface area contributed by atoms with Crippen molar-refractivity contribution >= 4 is 9.84 Å². The van der Waals surface area contributed by atoms with Crippen LogP contribution in [0.5, 0.6) is 5.75 Å². The molecule has 100 valence electrons. The fraction of sp³-hybridized carbons (Fsp3) is 0.538. The van der Waals surface area contributed by atoms with Crippen molar-refractivity contribution in [3.63, 3.8) is 0 Å². The Hall–Kier alpha value is -1.07. The fourth-order valence-corrected chi connectivity index (χ4v) is 3.32. The first-order valence-corrected chi connectivity index (χ1v) is 8.01. The maximum absolute atomic E-state index is 11.7. The molecule has 0 aliphatic carbocycles. The minimum absolute atomic E-state index is 0.278. The van der Waals surface area contributed by atoms with Gasteiger partial charge in [-0.2, -0.15) is 0 Å². The molecule has 1 aliphatic rings. The number of benzene rings is 1. The van der Waals surface area contributed by atoms with Crippen LogP contribution in [0.15, 0.2) is 23.1 Å². The fourth-order valence-electron chi connectivity index (χ4n) is 2.44. The first-order chi connectivity index (χ1) is 8.52. The standard InChI is InChI=1S/C13H19NO3S/c1-17-13-10(9-11-6-4-8-14-11)5-3-7-12(13)18(2,15)16/h3,5,7,11,14H,4,6,8-9H2,1-2H3. The highest BCUT2D eigenvalue weighted by Crippen LogP contribution is 2.29. The van der Waals surface area contributed by atoms with Crippen LogP contribution in [0.2, 0.25) is 0 Å². The molecule has 1 aromatic rings. The van der Waals surface area contributed by atoms with Crippen molar-refractivity contribution in [2.75, 3.05) is 19.9 Å². The molecule has 18 heavy (non-hydrogen) atoms. The topological polar surface area (TPSA) is 55.4 Å². The molecule has 1 atom stereocenters. The van der Waals surface area contributed by atoms with Crippen LogP contribution in [0, 0.1) is 0 Å². The molecule has 0 saturated carbocycles. The van der Waals surface area contributed by atoms with Gasteiger partial charge in [-0.1, -0.05) is 12.1 Å².